The number of anilines is 1. The van der Waals surface area contributed by atoms with E-state index >= 15 is 0 Å². The zero-order chi connectivity index (χ0) is 13.8. The van der Waals surface area contributed by atoms with Crippen LogP contribution < -0.4 is 11.1 Å². The van der Waals surface area contributed by atoms with Crippen LogP contribution in [0.5, 0.6) is 0 Å². The Balaban J connectivity index is 2.32. The number of carbonyl (C=O) groups excluding carboxylic acids is 1. The second-order valence-corrected chi connectivity index (χ2v) is 4.60. The number of hydrogen-bond acceptors (Lipinski definition) is 3. The lowest BCUT2D eigenvalue weighted by Crippen LogP contribution is -2.34. The molecule has 0 bridgehead atoms. The molecule has 1 amide bonds. The Bertz CT molecular complexity index is 591. The van der Waals surface area contributed by atoms with E-state index in [-0.39, 0.29) is 11.9 Å². The first-order chi connectivity index (χ1) is 9.15. The van der Waals surface area contributed by atoms with Crippen LogP contribution in [-0.4, -0.2) is 16.9 Å². The molecule has 0 spiro atoms. The molecule has 0 fully saturated rings. The van der Waals surface area contributed by atoms with Crippen LogP contribution in [0.15, 0.2) is 30.3 Å². The van der Waals surface area contributed by atoms with Crippen LogP contribution in [-0.2, 0) is 0 Å². The van der Waals surface area contributed by atoms with Crippen LogP contribution in [0.4, 0.5) is 5.82 Å². The van der Waals surface area contributed by atoms with Crippen molar-refractivity contribution < 1.29 is 4.79 Å². The molecule has 0 atom stereocenters. The summed E-state index contributed by atoms with van der Waals surface area (Å²) in [5.74, 6) is 0.235. The van der Waals surface area contributed by atoms with Gasteiger partial charge in [0.2, 0.25) is 0 Å². The molecule has 0 radical (unpaired) electrons. The molecule has 2 aromatic rings. The maximum Gasteiger partial charge on any atom is 0.270 e. The van der Waals surface area contributed by atoms with Crippen LogP contribution in [0.3, 0.4) is 0 Å². The molecule has 1 heterocycles. The highest BCUT2D eigenvalue weighted by molar-refractivity contribution is 5.99. The largest absolute Gasteiger partial charge is 0.383 e. The van der Waals surface area contributed by atoms with Gasteiger partial charge in [-0.05, 0) is 24.3 Å². The Labute approximate surface area is 113 Å². The van der Waals surface area contributed by atoms with Crippen molar-refractivity contribution in [2.45, 2.75) is 32.7 Å². The molecule has 0 aliphatic rings. The summed E-state index contributed by atoms with van der Waals surface area (Å²) in [5.41, 5.74) is 6.28. The summed E-state index contributed by atoms with van der Waals surface area (Å²) in [7, 11) is 0. The Morgan fingerprint density at radius 2 is 2.00 bits per heavy atom. The van der Waals surface area contributed by atoms with E-state index in [1.807, 2.05) is 24.3 Å². The van der Waals surface area contributed by atoms with Crippen molar-refractivity contribution in [1.29, 1.82) is 0 Å². The summed E-state index contributed by atoms with van der Waals surface area (Å²) in [6.45, 7) is 4.10. The van der Waals surface area contributed by atoms with Gasteiger partial charge in [-0.1, -0.05) is 38.1 Å². The third-order valence-electron chi connectivity index (χ3n) is 3.32. The normalized spacial score (nSPS) is 10.9. The average Bonchev–Trinajstić information content (AvgIpc) is 2.44. The first kappa shape index (κ1) is 13.3. The number of nitrogens with zero attached hydrogens (tertiary/aromatic N) is 1. The third-order valence-corrected chi connectivity index (χ3v) is 3.32. The number of rotatable bonds is 4. The van der Waals surface area contributed by atoms with Gasteiger partial charge in [-0.2, -0.15) is 0 Å². The fourth-order valence-electron chi connectivity index (χ4n) is 2.09. The number of hydrogen-bond donors (Lipinski definition) is 2. The van der Waals surface area contributed by atoms with Crippen LogP contribution in [0, 0.1) is 0 Å². The van der Waals surface area contributed by atoms with Crippen LogP contribution in [0.1, 0.15) is 37.2 Å². The molecule has 100 valence electrons. The maximum atomic E-state index is 12.1. The topological polar surface area (TPSA) is 68.0 Å². The summed E-state index contributed by atoms with van der Waals surface area (Å²) in [6.07, 6.45) is 1.82. The zero-order valence-corrected chi connectivity index (χ0v) is 11.3. The number of benzene rings is 1. The number of amides is 1. The summed E-state index contributed by atoms with van der Waals surface area (Å²) < 4.78 is 0. The van der Waals surface area contributed by atoms with Crippen molar-refractivity contribution in [1.82, 2.24) is 10.3 Å². The van der Waals surface area contributed by atoms with E-state index in [2.05, 4.69) is 24.1 Å². The predicted molar refractivity (Wildman–Crippen MR) is 78.0 cm³/mol. The Morgan fingerprint density at radius 3 is 2.68 bits per heavy atom. The van der Waals surface area contributed by atoms with Gasteiger partial charge in [0.05, 0.1) is 0 Å². The molecule has 4 heteroatoms. The van der Waals surface area contributed by atoms with Crippen molar-refractivity contribution >= 4 is 22.5 Å². The number of fused-ring (bicyclic) bond motifs is 1. The third kappa shape index (κ3) is 2.84. The van der Waals surface area contributed by atoms with Gasteiger partial charge in [-0.3, -0.25) is 4.79 Å². The number of nitrogens with one attached hydrogen (secondary N) is 1. The predicted octanol–water partition coefficient (Wildman–Crippen LogP) is 2.74. The van der Waals surface area contributed by atoms with Crippen molar-refractivity contribution in [3.63, 3.8) is 0 Å². The lowest BCUT2D eigenvalue weighted by Gasteiger charge is -2.14. The summed E-state index contributed by atoms with van der Waals surface area (Å²) >= 11 is 0. The molecule has 3 N–H and O–H groups in total. The molecule has 19 heavy (non-hydrogen) atoms. The number of pyridine rings is 1. The van der Waals surface area contributed by atoms with E-state index < -0.39 is 0 Å². The van der Waals surface area contributed by atoms with Gasteiger partial charge in [0.1, 0.15) is 11.5 Å². The minimum Gasteiger partial charge on any atom is -0.383 e. The van der Waals surface area contributed by atoms with Gasteiger partial charge in [-0.25, -0.2) is 4.98 Å². The Hall–Kier alpha value is -2.10. The molecule has 4 nitrogen and oxygen atoms in total. The van der Waals surface area contributed by atoms with Crippen LogP contribution in [0.2, 0.25) is 0 Å². The molecule has 0 aliphatic carbocycles. The molecule has 0 saturated carbocycles. The molecular weight excluding hydrogens is 238 g/mol. The summed E-state index contributed by atoms with van der Waals surface area (Å²) in [6, 6.07) is 9.63. The van der Waals surface area contributed by atoms with Gasteiger partial charge >= 0.3 is 0 Å². The minimum absolute atomic E-state index is 0.161. The highest BCUT2D eigenvalue weighted by Crippen LogP contribution is 2.20. The Kier molecular flexibility index (Phi) is 4.00. The van der Waals surface area contributed by atoms with E-state index in [0.29, 0.717) is 11.5 Å². The SMILES string of the molecule is CCC(CC)NC(=O)c1cc2ccccc2c(N)n1. The van der Waals surface area contributed by atoms with Crippen LogP contribution in [0.25, 0.3) is 10.8 Å². The van der Waals surface area contributed by atoms with Gasteiger partial charge in [-0.15, -0.1) is 0 Å². The molecule has 1 aromatic carbocycles. The molecule has 0 saturated heterocycles. The molecule has 2 rings (SSSR count). The van der Waals surface area contributed by atoms with Gasteiger partial charge in [0, 0.05) is 11.4 Å². The highest BCUT2D eigenvalue weighted by atomic mass is 16.1. The van der Waals surface area contributed by atoms with Gasteiger partial charge in [0.15, 0.2) is 0 Å². The first-order valence-electron chi connectivity index (χ1n) is 6.61. The zero-order valence-electron chi connectivity index (χ0n) is 11.3. The van der Waals surface area contributed by atoms with E-state index in [0.717, 1.165) is 23.6 Å². The fourth-order valence-corrected chi connectivity index (χ4v) is 2.09. The number of aromatic nitrogens is 1. The molecule has 0 aliphatic heterocycles. The lowest BCUT2D eigenvalue weighted by atomic mass is 10.1. The van der Waals surface area contributed by atoms with Crippen molar-refractivity contribution in [2.75, 3.05) is 5.73 Å². The Morgan fingerprint density at radius 1 is 1.32 bits per heavy atom. The summed E-state index contributed by atoms with van der Waals surface area (Å²) in [5, 5.41) is 4.78. The van der Waals surface area contributed by atoms with Crippen molar-refractivity contribution in [2.24, 2.45) is 0 Å². The van der Waals surface area contributed by atoms with Crippen LogP contribution >= 0.6 is 0 Å². The number of carbonyl (C=O) groups is 1. The molecular formula is C15H19N3O. The lowest BCUT2D eigenvalue weighted by molar-refractivity contribution is 0.0930. The number of nitrogen functional groups attached to an aromatic ring is 1. The summed E-state index contributed by atoms with van der Waals surface area (Å²) in [4.78, 5) is 16.3. The first-order valence-corrected chi connectivity index (χ1v) is 6.61. The van der Waals surface area contributed by atoms with Crippen molar-refractivity contribution in [3.05, 3.63) is 36.0 Å². The van der Waals surface area contributed by atoms with E-state index in [9.17, 15) is 4.79 Å². The quantitative estimate of drug-likeness (QED) is 0.885. The monoisotopic (exact) mass is 257 g/mol. The standard InChI is InChI=1S/C15H19N3O/c1-3-11(4-2)17-15(19)13-9-10-7-5-6-8-12(10)14(16)18-13/h5-9,11H,3-4H2,1-2H3,(H2,16,18)(H,17,19). The van der Waals surface area contributed by atoms with Gasteiger partial charge < -0.3 is 11.1 Å². The average molecular weight is 257 g/mol. The number of nitrogens with two attached hydrogens (primary N) is 1. The van der Waals surface area contributed by atoms with E-state index in [4.69, 9.17) is 5.73 Å². The van der Waals surface area contributed by atoms with Gasteiger partial charge in [0.25, 0.3) is 5.91 Å². The van der Waals surface area contributed by atoms with E-state index in [1.54, 1.807) is 6.07 Å². The molecule has 1 aromatic heterocycles. The van der Waals surface area contributed by atoms with Crippen molar-refractivity contribution in [3.8, 4) is 0 Å². The smallest absolute Gasteiger partial charge is 0.270 e. The second kappa shape index (κ2) is 5.69. The second-order valence-electron chi connectivity index (χ2n) is 4.60. The minimum atomic E-state index is -0.161. The fraction of sp³-hybridized carbons (Fsp3) is 0.333. The van der Waals surface area contributed by atoms with E-state index in [1.165, 1.54) is 0 Å². The highest BCUT2D eigenvalue weighted by Gasteiger charge is 2.13. The maximum absolute atomic E-state index is 12.1. The molecule has 0 unspecified atom stereocenters.